The average molecular weight is 194 g/mol. The molecule has 0 radical (unpaired) electrons. The Kier molecular flexibility index (Phi) is 9.34. The Morgan fingerprint density at radius 3 is 2.00 bits per heavy atom. The van der Waals surface area contributed by atoms with Gasteiger partial charge in [0.05, 0.1) is 0 Å². The Balaban J connectivity index is 0. The van der Waals surface area contributed by atoms with E-state index in [9.17, 15) is 0 Å². The second-order valence-electron chi connectivity index (χ2n) is 2.56. The second kappa shape index (κ2) is 7.69. The minimum atomic E-state index is -1.82. The van der Waals surface area contributed by atoms with Gasteiger partial charge in [-0.15, -0.1) is 0 Å². The fraction of sp³-hybridized carbons (Fsp3) is 1.00. The summed E-state index contributed by atoms with van der Waals surface area (Å²) in [4.78, 5) is 0. The highest BCUT2D eigenvalue weighted by Gasteiger charge is 2.31. The summed E-state index contributed by atoms with van der Waals surface area (Å²) in [6.45, 7) is 2.83. The van der Waals surface area contributed by atoms with Gasteiger partial charge >= 0.3 is 8.56 Å². The van der Waals surface area contributed by atoms with Crippen LogP contribution in [-0.2, 0) is 8.85 Å². The Morgan fingerprint density at radius 2 is 1.75 bits per heavy atom. The van der Waals surface area contributed by atoms with Gasteiger partial charge in [0.15, 0.2) is 0 Å². The van der Waals surface area contributed by atoms with Gasteiger partial charge in [-0.05, 0) is 25.1 Å². The molecule has 0 bridgehead atoms. The van der Waals surface area contributed by atoms with E-state index in [-0.39, 0.29) is 6.15 Å². The summed E-state index contributed by atoms with van der Waals surface area (Å²) in [7, 11) is 1.65. The summed E-state index contributed by atoms with van der Waals surface area (Å²) in [6, 6.07) is 2.01. The minimum absolute atomic E-state index is 0. The lowest BCUT2D eigenvalue weighted by molar-refractivity contribution is 0.242. The molecule has 0 heterocycles. The Hall–Kier alpha value is 0.0569. The first-order valence-corrected chi connectivity index (χ1v) is 6.28. The lowest BCUT2D eigenvalue weighted by Gasteiger charge is -2.25. The van der Waals surface area contributed by atoms with Crippen LogP contribution in [0.3, 0.4) is 0 Å². The first-order valence-electron chi connectivity index (χ1n) is 4.05. The second-order valence-corrected chi connectivity index (χ2v) is 6.41. The predicted molar refractivity (Wildman–Crippen MR) is 53.8 cm³/mol. The molecule has 0 unspecified atom stereocenters. The van der Waals surface area contributed by atoms with Crippen molar-refractivity contribution in [1.29, 1.82) is 0 Å². The van der Waals surface area contributed by atoms with Crippen LogP contribution in [0.5, 0.6) is 0 Å². The van der Waals surface area contributed by atoms with Crippen molar-refractivity contribution in [2.45, 2.75) is 25.4 Å². The fourth-order valence-electron chi connectivity index (χ4n) is 1.12. The van der Waals surface area contributed by atoms with Crippen molar-refractivity contribution in [1.82, 2.24) is 6.15 Å². The summed E-state index contributed by atoms with van der Waals surface area (Å²) < 4.78 is 10.8. The molecule has 0 spiro atoms. The maximum absolute atomic E-state index is 5.41. The average Bonchev–Trinajstić information content (AvgIpc) is 2.08. The minimum Gasteiger partial charge on any atom is -0.398 e. The smallest absolute Gasteiger partial charge is 0.337 e. The van der Waals surface area contributed by atoms with Crippen LogP contribution in [0.1, 0.15) is 13.3 Å². The van der Waals surface area contributed by atoms with E-state index in [4.69, 9.17) is 14.6 Å². The Bertz CT molecular complexity index is 91.1. The van der Waals surface area contributed by atoms with Gasteiger partial charge in [-0.2, -0.15) is 0 Å². The molecule has 0 aromatic rings. The van der Waals surface area contributed by atoms with Crippen LogP contribution in [0, 0.1) is 0 Å². The molecule has 12 heavy (non-hydrogen) atoms. The van der Waals surface area contributed by atoms with Crippen LogP contribution in [-0.4, -0.2) is 29.3 Å². The molecule has 0 amide bonds. The van der Waals surface area contributed by atoms with E-state index in [0.717, 1.165) is 25.1 Å². The summed E-state index contributed by atoms with van der Waals surface area (Å²) in [6.07, 6.45) is 1.00. The zero-order chi connectivity index (χ0) is 8.74. The maximum atomic E-state index is 5.41. The standard InChI is InChI=1S/C7H19NO2Si.H3N/c1-4-11(9-2,10-3)7-5-6-8;/h4-8H2,1-3H3;1H3. The maximum Gasteiger partial charge on any atom is 0.337 e. The van der Waals surface area contributed by atoms with Gasteiger partial charge < -0.3 is 20.7 Å². The molecule has 0 aromatic heterocycles. The van der Waals surface area contributed by atoms with Gasteiger partial charge in [0, 0.05) is 14.2 Å². The van der Waals surface area contributed by atoms with Crippen molar-refractivity contribution < 1.29 is 8.85 Å². The van der Waals surface area contributed by atoms with Gasteiger partial charge in [-0.3, -0.25) is 0 Å². The Labute approximate surface area is 76.3 Å². The fourth-order valence-corrected chi connectivity index (χ4v) is 3.37. The van der Waals surface area contributed by atoms with E-state index >= 15 is 0 Å². The molecule has 0 saturated carbocycles. The Morgan fingerprint density at radius 1 is 1.25 bits per heavy atom. The summed E-state index contributed by atoms with van der Waals surface area (Å²) in [5, 5.41) is 0. The molecular formula is C7H22N2O2Si. The molecule has 0 aliphatic carbocycles. The van der Waals surface area contributed by atoms with Crippen molar-refractivity contribution in [2.24, 2.45) is 5.73 Å². The van der Waals surface area contributed by atoms with Crippen molar-refractivity contribution >= 4 is 8.56 Å². The summed E-state index contributed by atoms with van der Waals surface area (Å²) >= 11 is 0. The van der Waals surface area contributed by atoms with E-state index in [0.29, 0.717) is 0 Å². The van der Waals surface area contributed by atoms with Crippen molar-refractivity contribution in [3.05, 3.63) is 0 Å². The number of nitrogens with two attached hydrogens (primary N) is 1. The van der Waals surface area contributed by atoms with Crippen molar-refractivity contribution in [3.8, 4) is 0 Å². The third kappa shape index (κ3) is 4.17. The number of hydrogen-bond acceptors (Lipinski definition) is 4. The molecule has 76 valence electrons. The molecule has 0 aliphatic heterocycles. The summed E-state index contributed by atoms with van der Waals surface area (Å²) in [5.41, 5.74) is 5.41. The lowest BCUT2D eigenvalue weighted by atomic mass is 10.5. The zero-order valence-electron chi connectivity index (χ0n) is 8.43. The molecule has 0 atom stereocenters. The van der Waals surface area contributed by atoms with Crippen LogP contribution < -0.4 is 11.9 Å². The quantitative estimate of drug-likeness (QED) is 0.624. The van der Waals surface area contributed by atoms with Gasteiger partial charge in [0.25, 0.3) is 0 Å². The largest absolute Gasteiger partial charge is 0.398 e. The van der Waals surface area contributed by atoms with E-state index in [2.05, 4.69) is 6.92 Å². The first kappa shape index (κ1) is 14.6. The van der Waals surface area contributed by atoms with Crippen LogP contribution in [0.2, 0.25) is 12.1 Å². The van der Waals surface area contributed by atoms with Crippen LogP contribution in [0.15, 0.2) is 0 Å². The SMILES string of the molecule is CC[Si](CCCN)(OC)OC.N. The molecule has 0 saturated heterocycles. The third-order valence-electron chi connectivity index (χ3n) is 2.04. The molecule has 0 rings (SSSR count). The highest BCUT2D eigenvalue weighted by molar-refractivity contribution is 6.67. The van der Waals surface area contributed by atoms with E-state index in [1.165, 1.54) is 0 Å². The molecule has 0 aromatic carbocycles. The summed E-state index contributed by atoms with van der Waals surface area (Å²) in [5.74, 6) is 0. The molecular weight excluding hydrogens is 172 g/mol. The van der Waals surface area contributed by atoms with Crippen LogP contribution in [0.25, 0.3) is 0 Å². The van der Waals surface area contributed by atoms with Gasteiger partial charge in [0.2, 0.25) is 0 Å². The normalized spacial score (nSPS) is 11.0. The number of hydrogen-bond donors (Lipinski definition) is 2. The first-order chi connectivity index (χ1) is 5.24. The van der Waals surface area contributed by atoms with E-state index in [1.807, 2.05) is 0 Å². The zero-order valence-corrected chi connectivity index (χ0v) is 9.43. The van der Waals surface area contributed by atoms with Crippen LogP contribution in [0.4, 0.5) is 0 Å². The molecule has 4 nitrogen and oxygen atoms in total. The molecule has 0 fully saturated rings. The molecule has 5 heteroatoms. The van der Waals surface area contributed by atoms with Gasteiger partial charge in [-0.1, -0.05) is 6.92 Å². The van der Waals surface area contributed by atoms with Crippen molar-refractivity contribution in [2.75, 3.05) is 20.8 Å². The van der Waals surface area contributed by atoms with Gasteiger partial charge in [0.1, 0.15) is 0 Å². The topological polar surface area (TPSA) is 79.5 Å². The molecule has 5 N–H and O–H groups in total. The monoisotopic (exact) mass is 194 g/mol. The van der Waals surface area contributed by atoms with E-state index < -0.39 is 8.56 Å². The predicted octanol–water partition coefficient (Wildman–Crippen LogP) is 1.25. The highest BCUT2D eigenvalue weighted by Crippen LogP contribution is 2.18. The third-order valence-corrected chi connectivity index (χ3v) is 5.73. The molecule has 0 aliphatic rings. The highest BCUT2D eigenvalue weighted by atomic mass is 28.4. The lowest BCUT2D eigenvalue weighted by Crippen LogP contribution is -2.39. The van der Waals surface area contributed by atoms with Crippen molar-refractivity contribution in [3.63, 3.8) is 0 Å². The van der Waals surface area contributed by atoms with E-state index in [1.54, 1.807) is 14.2 Å². The number of rotatable bonds is 6. The van der Waals surface area contributed by atoms with Crippen LogP contribution >= 0.6 is 0 Å². The van der Waals surface area contributed by atoms with Gasteiger partial charge in [-0.25, -0.2) is 0 Å².